The van der Waals surface area contributed by atoms with E-state index in [9.17, 15) is 4.79 Å². The van der Waals surface area contributed by atoms with E-state index in [0.717, 1.165) is 16.9 Å². The molecule has 5 nitrogen and oxygen atoms in total. The third-order valence-electron chi connectivity index (χ3n) is 3.58. The van der Waals surface area contributed by atoms with Crippen LogP contribution in [0.1, 0.15) is 10.5 Å². The van der Waals surface area contributed by atoms with E-state index in [1.165, 1.54) is 0 Å². The van der Waals surface area contributed by atoms with E-state index in [1.54, 1.807) is 35.0 Å². The molecule has 0 aliphatic carbocycles. The third-order valence-corrected chi connectivity index (χ3v) is 4.09. The first-order valence-electron chi connectivity index (χ1n) is 7.68. The summed E-state index contributed by atoms with van der Waals surface area (Å²) in [7, 11) is 0. The van der Waals surface area contributed by atoms with Crippen molar-refractivity contribution in [3.63, 3.8) is 0 Å². The van der Waals surface area contributed by atoms with Gasteiger partial charge in [-0.25, -0.2) is 4.68 Å². The van der Waals surface area contributed by atoms with Gasteiger partial charge in [0.25, 0.3) is 5.91 Å². The van der Waals surface area contributed by atoms with Gasteiger partial charge in [0.1, 0.15) is 0 Å². The highest BCUT2D eigenvalue weighted by atomic mass is 35.5. The highest BCUT2D eigenvalue weighted by Crippen LogP contribution is 2.26. The molecule has 0 spiro atoms. The summed E-state index contributed by atoms with van der Waals surface area (Å²) in [6, 6.07) is 16.3. The smallest absolute Gasteiger partial charge is 0.271 e. The molecule has 0 aliphatic heterocycles. The second-order valence-electron chi connectivity index (χ2n) is 5.35. The lowest BCUT2D eigenvalue weighted by Gasteiger charge is -2.08. The molecule has 0 saturated carbocycles. The van der Waals surface area contributed by atoms with Crippen LogP contribution in [0.25, 0.3) is 16.9 Å². The van der Waals surface area contributed by atoms with E-state index in [1.807, 2.05) is 24.3 Å². The number of nitrogens with one attached hydrogen (secondary N) is 1. The Balaban J connectivity index is 2.07. The third kappa shape index (κ3) is 4.02. The van der Waals surface area contributed by atoms with Crippen molar-refractivity contribution >= 4 is 29.1 Å². The summed E-state index contributed by atoms with van der Waals surface area (Å²) in [6.07, 6.45) is 0. The molecule has 128 valence electrons. The lowest BCUT2D eigenvalue weighted by molar-refractivity contribution is 0.0949. The molecular formula is C18H16Cl2N4O. The van der Waals surface area contributed by atoms with Gasteiger partial charge in [-0.2, -0.15) is 5.10 Å². The molecule has 1 amide bonds. The van der Waals surface area contributed by atoms with Gasteiger partial charge in [-0.1, -0.05) is 35.3 Å². The second-order valence-corrected chi connectivity index (χ2v) is 6.23. The summed E-state index contributed by atoms with van der Waals surface area (Å²) < 4.78 is 1.71. The number of benzene rings is 2. The van der Waals surface area contributed by atoms with Crippen LogP contribution in [0, 0.1) is 0 Å². The molecule has 3 rings (SSSR count). The molecule has 7 heteroatoms. The van der Waals surface area contributed by atoms with Gasteiger partial charge >= 0.3 is 0 Å². The predicted molar refractivity (Wildman–Crippen MR) is 100 cm³/mol. The molecule has 0 atom stereocenters. The molecule has 25 heavy (non-hydrogen) atoms. The van der Waals surface area contributed by atoms with Crippen LogP contribution in [0.2, 0.25) is 10.0 Å². The fraction of sp³-hybridized carbons (Fsp3) is 0.111. The van der Waals surface area contributed by atoms with Crippen LogP contribution in [-0.4, -0.2) is 28.8 Å². The summed E-state index contributed by atoms with van der Waals surface area (Å²) in [6.45, 7) is 0.761. The van der Waals surface area contributed by atoms with Crippen molar-refractivity contribution in [2.75, 3.05) is 13.1 Å². The number of hydrogen-bond donors (Lipinski definition) is 2. The van der Waals surface area contributed by atoms with Crippen LogP contribution in [0.3, 0.4) is 0 Å². The number of hydrogen-bond acceptors (Lipinski definition) is 3. The highest BCUT2D eigenvalue weighted by molar-refractivity contribution is 6.30. The van der Waals surface area contributed by atoms with E-state index in [0.29, 0.717) is 28.8 Å². The molecule has 0 bridgehead atoms. The maximum absolute atomic E-state index is 12.3. The van der Waals surface area contributed by atoms with Gasteiger partial charge in [-0.3, -0.25) is 4.79 Å². The minimum absolute atomic E-state index is 0.270. The molecule has 1 aromatic heterocycles. The average Bonchev–Trinajstić information content (AvgIpc) is 3.06. The van der Waals surface area contributed by atoms with Crippen molar-refractivity contribution in [2.24, 2.45) is 5.73 Å². The summed E-state index contributed by atoms with van der Waals surface area (Å²) in [5.74, 6) is -0.270. The van der Waals surface area contributed by atoms with Gasteiger partial charge in [0.05, 0.1) is 11.4 Å². The molecule has 2 aromatic carbocycles. The van der Waals surface area contributed by atoms with Gasteiger partial charge in [0.2, 0.25) is 0 Å². The Bertz CT molecular complexity index is 810. The Morgan fingerprint density at radius 2 is 1.64 bits per heavy atom. The van der Waals surface area contributed by atoms with Crippen LogP contribution in [0.15, 0.2) is 54.6 Å². The number of carbonyl (C=O) groups excluding carboxylic acids is 1. The number of nitrogens with two attached hydrogens (primary N) is 1. The minimum Gasteiger partial charge on any atom is -0.349 e. The number of nitrogens with zero attached hydrogens (tertiary/aromatic N) is 2. The van der Waals surface area contributed by atoms with Gasteiger partial charge in [0, 0.05) is 28.7 Å². The van der Waals surface area contributed by atoms with Crippen molar-refractivity contribution in [1.82, 2.24) is 15.1 Å². The first-order valence-corrected chi connectivity index (χ1v) is 8.44. The Hall–Kier alpha value is -2.34. The zero-order chi connectivity index (χ0) is 17.8. The summed E-state index contributed by atoms with van der Waals surface area (Å²) in [4.78, 5) is 12.3. The Labute approximate surface area is 155 Å². The summed E-state index contributed by atoms with van der Waals surface area (Å²) >= 11 is 11.9. The first kappa shape index (κ1) is 17.5. The first-order chi connectivity index (χ1) is 12.1. The highest BCUT2D eigenvalue weighted by Gasteiger charge is 2.16. The number of rotatable bonds is 5. The fourth-order valence-electron chi connectivity index (χ4n) is 2.37. The predicted octanol–water partition coefficient (Wildman–Crippen LogP) is 3.53. The van der Waals surface area contributed by atoms with Crippen molar-refractivity contribution < 1.29 is 4.79 Å². The quantitative estimate of drug-likeness (QED) is 0.717. The van der Waals surface area contributed by atoms with Crippen LogP contribution in [0.5, 0.6) is 0 Å². The van der Waals surface area contributed by atoms with Crippen molar-refractivity contribution in [3.05, 3.63) is 70.3 Å². The van der Waals surface area contributed by atoms with Crippen molar-refractivity contribution in [1.29, 1.82) is 0 Å². The molecular weight excluding hydrogens is 359 g/mol. The topological polar surface area (TPSA) is 72.9 Å². The molecule has 0 aliphatic rings. The number of halogens is 2. The Morgan fingerprint density at radius 1 is 1.04 bits per heavy atom. The average molecular weight is 375 g/mol. The van der Waals surface area contributed by atoms with Crippen LogP contribution in [0.4, 0.5) is 0 Å². The molecule has 1 heterocycles. The Kier molecular flexibility index (Phi) is 5.38. The standard InChI is InChI=1S/C18H16Cl2N4O/c19-13-3-1-12(2-4-13)17-11-16(18(25)22-10-9-21)23-24(17)15-7-5-14(20)6-8-15/h1-8,11H,9-10,21H2,(H,22,25). The zero-order valence-corrected chi connectivity index (χ0v) is 14.8. The van der Waals surface area contributed by atoms with E-state index in [2.05, 4.69) is 10.4 Å². The molecule has 0 saturated heterocycles. The maximum atomic E-state index is 12.3. The number of carbonyl (C=O) groups is 1. The molecule has 3 N–H and O–H groups in total. The van der Waals surface area contributed by atoms with Crippen LogP contribution in [-0.2, 0) is 0 Å². The van der Waals surface area contributed by atoms with Gasteiger partial charge < -0.3 is 11.1 Å². The molecule has 0 radical (unpaired) electrons. The molecule has 0 fully saturated rings. The normalized spacial score (nSPS) is 10.7. The van der Waals surface area contributed by atoms with Crippen LogP contribution < -0.4 is 11.1 Å². The number of amides is 1. The van der Waals surface area contributed by atoms with E-state index >= 15 is 0 Å². The largest absolute Gasteiger partial charge is 0.349 e. The molecule has 3 aromatic rings. The minimum atomic E-state index is -0.270. The SMILES string of the molecule is NCCNC(=O)c1cc(-c2ccc(Cl)cc2)n(-c2ccc(Cl)cc2)n1. The second kappa shape index (κ2) is 7.70. The lowest BCUT2D eigenvalue weighted by Crippen LogP contribution is -2.29. The van der Waals surface area contributed by atoms with E-state index in [-0.39, 0.29) is 5.91 Å². The van der Waals surface area contributed by atoms with Crippen molar-refractivity contribution in [3.8, 4) is 16.9 Å². The monoisotopic (exact) mass is 374 g/mol. The van der Waals surface area contributed by atoms with E-state index < -0.39 is 0 Å². The van der Waals surface area contributed by atoms with Gasteiger partial charge in [-0.05, 0) is 42.5 Å². The molecule has 0 unspecified atom stereocenters. The van der Waals surface area contributed by atoms with Gasteiger partial charge in [0.15, 0.2) is 5.69 Å². The van der Waals surface area contributed by atoms with Crippen LogP contribution >= 0.6 is 23.2 Å². The zero-order valence-electron chi connectivity index (χ0n) is 13.2. The maximum Gasteiger partial charge on any atom is 0.271 e. The Morgan fingerprint density at radius 3 is 2.24 bits per heavy atom. The lowest BCUT2D eigenvalue weighted by atomic mass is 10.1. The number of aromatic nitrogens is 2. The summed E-state index contributed by atoms with van der Waals surface area (Å²) in [5, 5.41) is 8.45. The van der Waals surface area contributed by atoms with E-state index in [4.69, 9.17) is 28.9 Å². The fourth-order valence-corrected chi connectivity index (χ4v) is 2.63. The van der Waals surface area contributed by atoms with Gasteiger partial charge in [-0.15, -0.1) is 0 Å². The summed E-state index contributed by atoms with van der Waals surface area (Å²) in [5.41, 5.74) is 8.21. The van der Waals surface area contributed by atoms with Crippen molar-refractivity contribution in [2.45, 2.75) is 0 Å².